The highest BCUT2D eigenvalue weighted by Gasteiger charge is 2.10. The van der Waals surface area contributed by atoms with Crippen molar-refractivity contribution in [3.05, 3.63) is 0 Å². The smallest absolute Gasteiger partial charge is 0.159 e. The minimum atomic E-state index is -0.958. The van der Waals surface area contributed by atoms with Crippen molar-refractivity contribution in [2.75, 3.05) is 20.3 Å². The highest BCUT2D eigenvalue weighted by molar-refractivity contribution is 4.71. The van der Waals surface area contributed by atoms with Gasteiger partial charge < -0.3 is 20.3 Å². The number of aliphatic hydroxyl groups is 2. The first kappa shape index (κ1) is 17.2. The second kappa shape index (κ2) is 10.4. The van der Waals surface area contributed by atoms with Gasteiger partial charge in [0.2, 0.25) is 0 Å². The molecule has 1 aliphatic rings. The van der Waals surface area contributed by atoms with Crippen LogP contribution in [0, 0.1) is 0 Å². The Kier molecular flexibility index (Phi) is 11.9. The number of methoxy groups -OCH3 is 1. The quantitative estimate of drug-likeness (QED) is 0.611. The van der Waals surface area contributed by atoms with Crippen LogP contribution in [0.5, 0.6) is 0 Å². The van der Waals surface area contributed by atoms with Crippen LogP contribution in [0.4, 0.5) is 0 Å². The van der Waals surface area contributed by atoms with E-state index in [1.165, 1.54) is 13.5 Å². The van der Waals surface area contributed by atoms with Crippen LogP contribution < -0.4 is 5.32 Å². The predicted molar refractivity (Wildman–Crippen MR) is 62.8 cm³/mol. The third-order valence-corrected chi connectivity index (χ3v) is 1.88. The van der Waals surface area contributed by atoms with Gasteiger partial charge in [0.1, 0.15) is 0 Å². The molecule has 3 N–H and O–H groups in total. The second-order valence-corrected chi connectivity index (χ2v) is 3.63. The number of ether oxygens (including phenoxy) is 1. The molecule has 1 saturated heterocycles. The van der Waals surface area contributed by atoms with Gasteiger partial charge in [-0.25, -0.2) is 0 Å². The predicted octanol–water partition coefficient (Wildman–Crippen LogP) is 1.12. The van der Waals surface area contributed by atoms with Gasteiger partial charge in [0.15, 0.2) is 5.79 Å². The average Bonchev–Trinajstić information content (AvgIpc) is 2.73. The average molecular weight is 221 g/mol. The molecule has 94 valence electrons. The number of nitrogens with one attached hydrogen (secondary N) is 1. The molecule has 1 unspecified atom stereocenters. The number of aliphatic hydroxyl groups excluding tert-OH is 1. The fraction of sp³-hybridized carbons (Fsp3) is 1.00. The maximum Gasteiger partial charge on any atom is 0.159 e. The third-order valence-electron chi connectivity index (χ3n) is 1.88. The monoisotopic (exact) mass is 221 g/mol. The topological polar surface area (TPSA) is 61.7 Å². The molecule has 1 aliphatic heterocycles. The molecule has 1 rings (SSSR count). The van der Waals surface area contributed by atoms with Gasteiger partial charge in [-0.15, -0.1) is 0 Å². The molecule has 0 spiro atoms. The summed E-state index contributed by atoms with van der Waals surface area (Å²) in [6.45, 7) is 8.55. The Balaban J connectivity index is 0. The number of hydrogen-bond donors (Lipinski definition) is 3. The van der Waals surface area contributed by atoms with E-state index in [1.807, 2.05) is 13.8 Å². The van der Waals surface area contributed by atoms with Gasteiger partial charge in [-0.05, 0) is 33.2 Å². The summed E-state index contributed by atoms with van der Waals surface area (Å²) in [6.07, 6.45) is 2.38. The Hall–Kier alpha value is -0.160. The van der Waals surface area contributed by atoms with Gasteiger partial charge in [0.05, 0.1) is 6.61 Å². The summed E-state index contributed by atoms with van der Waals surface area (Å²) in [4.78, 5) is 0. The SMILES string of the molecule is CC.COC(C)(C)O.OCC1CCCN1. The summed E-state index contributed by atoms with van der Waals surface area (Å²) < 4.78 is 4.49. The van der Waals surface area contributed by atoms with Crippen LogP contribution in [0.3, 0.4) is 0 Å². The summed E-state index contributed by atoms with van der Waals surface area (Å²) in [5.74, 6) is -0.958. The molecule has 0 aromatic carbocycles. The normalized spacial score (nSPS) is 19.8. The Morgan fingerprint density at radius 1 is 1.40 bits per heavy atom. The highest BCUT2D eigenvalue weighted by Crippen LogP contribution is 2.02. The zero-order chi connectivity index (χ0) is 12.3. The second-order valence-electron chi connectivity index (χ2n) is 3.63. The molecule has 1 atom stereocenters. The first-order valence-electron chi connectivity index (χ1n) is 5.61. The Labute approximate surface area is 93.6 Å². The molecule has 0 aromatic rings. The van der Waals surface area contributed by atoms with E-state index < -0.39 is 5.79 Å². The largest absolute Gasteiger partial charge is 0.395 e. The first-order chi connectivity index (χ1) is 6.99. The van der Waals surface area contributed by atoms with Crippen molar-refractivity contribution in [3.8, 4) is 0 Å². The lowest BCUT2D eigenvalue weighted by atomic mass is 10.2. The molecule has 0 radical (unpaired) electrons. The van der Waals surface area contributed by atoms with Crippen LogP contribution in [0.2, 0.25) is 0 Å². The van der Waals surface area contributed by atoms with Gasteiger partial charge >= 0.3 is 0 Å². The van der Waals surface area contributed by atoms with Crippen LogP contribution in [-0.4, -0.2) is 42.3 Å². The van der Waals surface area contributed by atoms with Crippen LogP contribution >= 0.6 is 0 Å². The van der Waals surface area contributed by atoms with E-state index in [4.69, 9.17) is 10.2 Å². The van der Waals surface area contributed by atoms with E-state index in [0.717, 1.165) is 13.0 Å². The van der Waals surface area contributed by atoms with Crippen molar-refractivity contribution in [2.45, 2.75) is 52.4 Å². The molecule has 1 fully saturated rings. The molecule has 0 aromatic heterocycles. The van der Waals surface area contributed by atoms with Crippen LogP contribution in [0.1, 0.15) is 40.5 Å². The number of rotatable bonds is 2. The fourth-order valence-electron chi connectivity index (χ4n) is 0.913. The minimum absolute atomic E-state index is 0.306. The molecule has 0 amide bonds. The van der Waals surface area contributed by atoms with Crippen LogP contribution in [0.25, 0.3) is 0 Å². The van der Waals surface area contributed by atoms with Crippen molar-refractivity contribution < 1.29 is 14.9 Å². The molecule has 0 saturated carbocycles. The number of hydrogen-bond acceptors (Lipinski definition) is 4. The van der Waals surface area contributed by atoms with E-state index in [2.05, 4.69) is 10.1 Å². The fourth-order valence-corrected chi connectivity index (χ4v) is 0.913. The zero-order valence-corrected chi connectivity index (χ0v) is 10.7. The standard InChI is InChI=1S/C5H11NO.C4H10O2.C2H6/c7-4-5-2-1-3-6-5;1-4(2,5)6-3;1-2/h5-7H,1-4H2;5H,1-3H3;1-2H3. The van der Waals surface area contributed by atoms with E-state index >= 15 is 0 Å². The molecule has 4 nitrogen and oxygen atoms in total. The molecule has 0 bridgehead atoms. The van der Waals surface area contributed by atoms with Crippen LogP contribution in [0.15, 0.2) is 0 Å². The maximum absolute atomic E-state index is 8.60. The minimum Gasteiger partial charge on any atom is -0.395 e. The Morgan fingerprint density at radius 2 is 1.87 bits per heavy atom. The van der Waals surface area contributed by atoms with Crippen molar-refractivity contribution in [2.24, 2.45) is 0 Å². The van der Waals surface area contributed by atoms with Gasteiger partial charge in [-0.1, -0.05) is 13.8 Å². The van der Waals surface area contributed by atoms with Crippen molar-refractivity contribution in [3.63, 3.8) is 0 Å². The van der Waals surface area contributed by atoms with E-state index in [9.17, 15) is 0 Å². The molecular formula is C11H27NO3. The molecule has 4 heteroatoms. The van der Waals surface area contributed by atoms with E-state index in [-0.39, 0.29) is 0 Å². The summed E-state index contributed by atoms with van der Waals surface area (Å²) in [5, 5.41) is 20.3. The lowest BCUT2D eigenvalue weighted by molar-refractivity contribution is -0.155. The first-order valence-corrected chi connectivity index (χ1v) is 5.61. The molecule has 1 heterocycles. The molecule has 15 heavy (non-hydrogen) atoms. The molecular weight excluding hydrogens is 194 g/mol. The van der Waals surface area contributed by atoms with Crippen LogP contribution in [-0.2, 0) is 4.74 Å². The van der Waals surface area contributed by atoms with Crippen molar-refractivity contribution >= 4 is 0 Å². The summed E-state index contributed by atoms with van der Waals surface area (Å²) in [7, 11) is 1.46. The van der Waals surface area contributed by atoms with E-state index in [0.29, 0.717) is 12.6 Å². The third kappa shape index (κ3) is 13.8. The van der Waals surface area contributed by atoms with Crippen molar-refractivity contribution in [1.29, 1.82) is 0 Å². The lowest BCUT2D eigenvalue weighted by Gasteiger charge is -2.12. The summed E-state index contributed by atoms with van der Waals surface area (Å²) in [6, 6.07) is 0.403. The van der Waals surface area contributed by atoms with Gasteiger partial charge in [0.25, 0.3) is 0 Å². The van der Waals surface area contributed by atoms with Gasteiger partial charge in [0, 0.05) is 13.2 Å². The Morgan fingerprint density at radius 3 is 2.00 bits per heavy atom. The Bertz CT molecular complexity index is 117. The summed E-state index contributed by atoms with van der Waals surface area (Å²) >= 11 is 0. The summed E-state index contributed by atoms with van der Waals surface area (Å²) in [5.41, 5.74) is 0. The molecule has 0 aliphatic carbocycles. The maximum atomic E-state index is 8.60. The highest BCUT2D eigenvalue weighted by atomic mass is 16.6. The van der Waals surface area contributed by atoms with Gasteiger partial charge in [-0.2, -0.15) is 0 Å². The van der Waals surface area contributed by atoms with E-state index in [1.54, 1.807) is 13.8 Å². The lowest BCUT2D eigenvalue weighted by Crippen LogP contribution is -2.24. The van der Waals surface area contributed by atoms with Crippen molar-refractivity contribution in [1.82, 2.24) is 5.32 Å². The van der Waals surface area contributed by atoms with Gasteiger partial charge in [-0.3, -0.25) is 0 Å². The zero-order valence-electron chi connectivity index (χ0n) is 10.7.